The van der Waals surface area contributed by atoms with Crippen molar-refractivity contribution in [1.29, 1.82) is 0 Å². The fraction of sp³-hybridized carbons (Fsp3) is 0.346. The van der Waals surface area contributed by atoms with Gasteiger partial charge in [0.15, 0.2) is 5.78 Å². The maximum Gasteiger partial charge on any atom is 0.337 e. The maximum absolute atomic E-state index is 13.1. The van der Waals surface area contributed by atoms with Gasteiger partial charge in [0.05, 0.1) is 18.2 Å². The van der Waals surface area contributed by atoms with Crippen molar-refractivity contribution in [1.82, 2.24) is 5.32 Å². The second-order valence-electron chi connectivity index (χ2n) is 9.34. The van der Waals surface area contributed by atoms with E-state index in [0.29, 0.717) is 22.5 Å². The standard InChI is InChI=1S/C26H28N2O3S/c1-26(2)14-21(27-20-12-17-6-4-5-7-18(17)13-20)23(22(29)15-26)24(32)28-19-10-8-16(9-11-19)25(30)31-3/h4-11,20,27H,12-15H2,1-3H3,(H,28,32). The minimum absolute atomic E-state index is 0.0583. The molecule has 2 aromatic rings. The molecule has 0 heterocycles. The third-order valence-electron chi connectivity index (χ3n) is 6.10. The number of nitrogens with one attached hydrogen (secondary N) is 2. The van der Waals surface area contributed by atoms with E-state index >= 15 is 0 Å². The molecule has 0 unspecified atom stereocenters. The van der Waals surface area contributed by atoms with Gasteiger partial charge >= 0.3 is 5.97 Å². The first-order valence-electron chi connectivity index (χ1n) is 10.8. The van der Waals surface area contributed by atoms with Crippen LogP contribution in [-0.4, -0.2) is 29.9 Å². The third kappa shape index (κ3) is 4.75. The summed E-state index contributed by atoms with van der Waals surface area (Å²) in [7, 11) is 1.35. The summed E-state index contributed by atoms with van der Waals surface area (Å²) >= 11 is 5.68. The summed E-state index contributed by atoms with van der Waals surface area (Å²) in [6.07, 6.45) is 3.11. The van der Waals surface area contributed by atoms with E-state index in [-0.39, 0.29) is 17.2 Å². The van der Waals surface area contributed by atoms with Crippen LogP contribution in [0.2, 0.25) is 0 Å². The van der Waals surface area contributed by atoms with E-state index in [0.717, 1.165) is 30.6 Å². The molecule has 166 valence electrons. The summed E-state index contributed by atoms with van der Waals surface area (Å²) in [6.45, 7) is 4.24. The number of ether oxygens (including phenoxy) is 1. The number of Topliss-reactive ketones (excluding diaryl/α,β-unsaturated/α-hetero) is 1. The number of carbonyl (C=O) groups excluding carboxylic acids is 2. The Morgan fingerprint density at radius 1 is 1.03 bits per heavy atom. The zero-order chi connectivity index (χ0) is 22.9. The first kappa shape index (κ1) is 22.2. The lowest BCUT2D eigenvalue weighted by Crippen LogP contribution is -2.39. The highest BCUT2D eigenvalue weighted by molar-refractivity contribution is 7.81. The Morgan fingerprint density at radius 2 is 1.66 bits per heavy atom. The van der Waals surface area contributed by atoms with Crippen LogP contribution in [0, 0.1) is 5.41 Å². The highest BCUT2D eigenvalue weighted by Crippen LogP contribution is 2.37. The lowest BCUT2D eigenvalue weighted by atomic mass is 9.75. The molecule has 0 aromatic heterocycles. The van der Waals surface area contributed by atoms with Crippen LogP contribution in [-0.2, 0) is 22.4 Å². The van der Waals surface area contributed by atoms with Crippen molar-refractivity contribution < 1.29 is 14.3 Å². The van der Waals surface area contributed by atoms with Crippen molar-refractivity contribution in [3.8, 4) is 0 Å². The predicted molar refractivity (Wildman–Crippen MR) is 130 cm³/mol. The van der Waals surface area contributed by atoms with Crippen molar-refractivity contribution in [3.05, 3.63) is 76.5 Å². The number of fused-ring (bicyclic) bond motifs is 1. The summed E-state index contributed by atoms with van der Waals surface area (Å²) in [5.74, 6) is -0.335. The van der Waals surface area contributed by atoms with Crippen molar-refractivity contribution in [2.24, 2.45) is 5.41 Å². The van der Waals surface area contributed by atoms with E-state index in [4.69, 9.17) is 17.0 Å². The molecule has 0 aliphatic heterocycles. The SMILES string of the molecule is COC(=O)c1ccc(NC(=S)C2=C(NC3Cc4ccccc4C3)CC(C)(C)CC2=O)cc1. The Kier molecular flexibility index (Phi) is 6.15. The smallest absolute Gasteiger partial charge is 0.337 e. The van der Waals surface area contributed by atoms with Gasteiger partial charge in [-0.3, -0.25) is 4.79 Å². The quantitative estimate of drug-likeness (QED) is 0.514. The van der Waals surface area contributed by atoms with Gasteiger partial charge in [-0.25, -0.2) is 4.79 Å². The number of esters is 1. The molecule has 0 radical (unpaired) electrons. The van der Waals surface area contributed by atoms with Crippen molar-refractivity contribution >= 4 is 34.6 Å². The van der Waals surface area contributed by atoms with E-state index in [1.165, 1.54) is 18.2 Å². The molecule has 2 aromatic carbocycles. The van der Waals surface area contributed by atoms with Crippen LogP contribution in [0.3, 0.4) is 0 Å². The van der Waals surface area contributed by atoms with Gasteiger partial charge in [0.25, 0.3) is 0 Å². The Morgan fingerprint density at radius 3 is 2.25 bits per heavy atom. The fourth-order valence-electron chi connectivity index (χ4n) is 4.62. The van der Waals surface area contributed by atoms with E-state index in [9.17, 15) is 9.59 Å². The topological polar surface area (TPSA) is 67.4 Å². The first-order chi connectivity index (χ1) is 15.3. The number of allylic oxidation sites excluding steroid dienone is 1. The first-order valence-corrected chi connectivity index (χ1v) is 11.3. The van der Waals surface area contributed by atoms with Crippen LogP contribution in [0.15, 0.2) is 59.8 Å². The second-order valence-corrected chi connectivity index (χ2v) is 9.74. The predicted octanol–water partition coefficient (Wildman–Crippen LogP) is 4.61. The van der Waals surface area contributed by atoms with Crippen molar-refractivity contribution in [2.45, 2.75) is 45.6 Å². The summed E-state index contributed by atoms with van der Waals surface area (Å²) in [5.41, 5.74) is 5.29. The Labute approximate surface area is 194 Å². The van der Waals surface area contributed by atoms with Crippen LogP contribution in [0.5, 0.6) is 0 Å². The van der Waals surface area contributed by atoms with Gasteiger partial charge < -0.3 is 15.4 Å². The number of thiocarbonyl (C=S) groups is 1. The Hall–Kier alpha value is -2.99. The zero-order valence-electron chi connectivity index (χ0n) is 18.7. The number of rotatable bonds is 5. The van der Waals surface area contributed by atoms with Gasteiger partial charge in [-0.1, -0.05) is 50.3 Å². The third-order valence-corrected chi connectivity index (χ3v) is 6.40. The molecule has 0 atom stereocenters. The molecule has 2 aliphatic carbocycles. The van der Waals surface area contributed by atoms with E-state index in [1.807, 2.05) is 0 Å². The second kappa shape index (κ2) is 8.87. The monoisotopic (exact) mass is 448 g/mol. The van der Waals surface area contributed by atoms with Crippen LogP contribution in [0.25, 0.3) is 0 Å². The van der Waals surface area contributed by atoms with Crippen molar-refractivity contribution in [2.75, 3.05) is 12.4 Å². The van der Waals surface area contributed by atoms with Crippen LogP contribution >= 0.6 is 12.2 Å². The van der Waals surface area contributed by atoms with Crippen LogP contribution in [0.4, 0.5) is 5.69 Å². The molecule has 0 amide bonds. The molecule has 32 heavy (non-hydrogen) atoms. The number of hydrogen-bond acceptors (Lipinski definition) is 5. The molecule has 0 bridgehead atoms. The minimum Gasteiger partial charge on any atom is -0.465 e. The number of benzene rings is 2. The average molecular weight is 449 g/mol. The van der Waals surface area contributed by atoms with Crippen LogP contribution < -0.4 is 10.6 Å². The molecule has 0 spiro atoms. The van der Waals surface area contributed by atoms with Gasteiger partial charge in [-0.2, -0.15) is 0 Å². The van der Waals surface area contributed by atoms with E-state index in [2.05, 4.69) is 48.7 Å². The molecule has 6 heteroatoms. The summed E-state index contributed by atoms with van der Waals surface area (Å²) < 4.78 is 4.74. The number of anilines is 1. The lowest BCUT2D eigenvalue weighted by Gasteiger charge is -2.34. The molecule has 2 aliphatic rings. The van der Waals surface area contributed by atoms with Gasteiger partial charge in [0.1, 0.15) is 4.99 Å². The Bertz CT molecular complexity index is 1080. The Balaban J connectivity index is 1.56. The zero-order valence-corrected chi connectivity index (χ0v) is 19.5. The molecule has 0 saturated heterocycles. The maximum atomic E-state index is 13.1. The average Bonchev–Trinajstić information content (AvgIpc) is 3.14. The largest absolute Gasteiger partial charge is 0.465 e. The number of methoxy groups -OCH3 is 1. The molecule has 2 N–H and O–H groups in total. The minimum atomic E-state index is -0.393. The van der Waals surface area contributed by atoms with E-state index in [1.54, 1.807) is 24.3 Å². The van der Waals surface area contributed by atoms with E-state index < -0.39 is 5.97 Å². The fourth-order valence-corrected chi connectivity index (χ4v) is 4.97. The normalized spacial score (nSPS) is 17.7. The molecular formula is C26H28N2O3S. The van der Waals surface area contributed by atoms with Crippen LogP contribution in [0.1, 0.15) is 48.2 Å². The lowest BCUT2D eigenvalue weighted by molar-refractivity contribution is -0.117. The molecule has 4 rings (SSSR count). The molecular weight excluding hydrogens is 420 g/mol. The molecule has 0 fully saturated rings. The summed E-state index contributed by atoms with van der Waals surface area (Å²) in [6, 6.07) is 15.6. The van der Waals surface area contributed by atoms with Gasteiger partial charge in [0.2, 0.25) is 0 Å². The molecule has 0 saturated carbocycles. The summed E-state index contributed by atoms with van der Waals surface area (Å²) in [5, 5.41) is 6.86. The summed E-state index contributed by atoms with van der Waals surface area (Å²) in [4.78, 5) is 25.2. The molecule has 5 nitrogen and oxygen atoms in total. The van der Waals surface area contributed by atoms with Crippen molar-refractivity contribution in [3.63, 3.8) is 0 Å². The highest BCUT2D eigenvalue weighted by atomic mass is 32.1. The number of carbonyl (C=O) groups is 2. The van der Waals surface area contributed by atoms with Gasteiger partial charge in [-0.15, -0.1) is 0 Å². The van der Waals surface area contributed by atoms with Gasteiger partial charge in [0, 0.05) is 23.8 Å². The highest BCUT2D eigenvalue weighted by Gasteiger charge is 2.36. The van der Waals surface area contributed by atoms with Gasteiger partial charge in [-0.05, 0) is 60.1 Å². The number of hydrogen-bond donors (Lipinski definition) is 2. The number of ketones is 1.